The van der Waals surface area contributed by atoms with Crippen LogP contribution in [0.25, 0.3) is 0 Å². The second-order valence-electron chi connectivity index (χ2n) is 3.80. The molecule has 1 aromatic rings. The van der Waals surface area contributed by atoms with Crippen LogP contribution >= 0.6 is 23.5 Å². The van der Waals surface area contributed by atoms with E-state index in [1.165, 1.54) is 11.8 Å². The summed E-state index contributed by atoms with van der Waals surface area (Å²) in [6.07, 6.45) is 1.03. The van der Waals surface area contributed by atoms with Crippen molar-refractivity contribution in [3.05, 3.63) is 44.4 Å². The largest absolute Gasteiger partial charge is 0.497 e. The molecule has 0 atom stereocenters. The van der Waals surface area contributed by atoms with Crippen LogP contribution in [0, 0.1) is 10.1 Å². The van der Waals surface area contributed by atoms with E-state index in [-0.39, 0.29) is 9.95 Å². The zero-order valence-electron chi connectivity index (χ0n) is 10.4. The molecule has 5 nitrogen and oxygen atoms in total. The van der Waals surface area contributed by atoms with Crippen molar-refractivity contribution in [3.63, 3.8) is 0 Å². The van der Waals surface area contributed by atoms with Crippen molar-refractivity contribution in [2.45, 2.75) is 11.3 Å². The highest BCUT2D eigenvalue weighted by atomic mass is 32.2. The van der Waals surface area contributed by atoms with Gasteiger partial charge in [0, 0.05) is 17.2 Å². The molecule has 0 aliphatic carbocycles. The maximum Gasteiger partial charge on any atom is 0.337 e. The van der Waals surface area contributed by atoms with E-state index in [4.69, 9.17) is 4.74 Å². The normalized spacial score (nSPS) is 17.5. The van der Waals surface area contributed by atoms with E-state index in [9.17, 15) is 10.1 Å². The van der Waals surface area contributed by atoms with E-state index in [1.54, 1.807) is 19.2 Å². The van der Waals surface area contributed by atoms with Crippen molar-refractivity contribution >= 4 is 23.5 Å². The first-order chi connectivity index (χ1) is 9.20. The average Bonchev–Trinajstić information content (AvgIpc) is 2.46. The van der Waals surface area contributed by atoms with E-state index < -0.39 is 0 Å². The van der Waals surface area contributed by atoms with Crippen LogP contribution in [0.4, 0.5) is 0 Å². The second-order valence-corrected chi connectivity index (χ2v) is 5.97. The standard InChI is InChI=1S/C12H14N2O3S2/c1-17-9-3-5-10(6-4-9)19-12(14(15)16)11-13-7-2-8-18-11/h3-6,13H,2,7-8H2,1H3. The van der Waals surface area contributed by atoms with E-state index in [0.29, 0.717) is 5.03 Å². The van der Waals surface area contributed by atoms with Crippen molar-refractivity contribution in [1.29, 1.82) is 0 Å². The summed E-state index contributed by atoms with van der Waals surface area (Å²) in [7, 11) is 1.59. The quantitative estimate of drug-likeness (QED) is 0.524. The SMILES string of the molecule is COc1ccc(SC(=C2NCCCS2)[N+](=O)[O-])cc1. The maximum atomic E-state index is 11.2. The fourth-order valence-electron chi connectivity index (χ4n) is 1.56. The third-order valence-electron chi connectivity index (χ3n) is 2.49. The summed E-state index contributed by atoms with van der Waals surface area (Å²) in [6, 6.07) is 7.24. The third kappa shape index (κ3) is 3.81. The van der Waals surface area contributed by atoms with Gasteiger partial charge in [0.1, 0.15) is 5.75 Å². The lowest BCUT2D eigenvalue weighted by molar-refractivity contribution is -0.411. The van der Waals surface area contributed by atoms with Gasteiger partial charge in [0.2, 0.25) is 0 Å². The van der Waals surface area contributed by atoms with Gasteiger partial charge < -0.3 is 10.1 Å². The minimum Gasteiger partial charge on any atom is -0.497 e. The molecule has 0 bridgehead atoms. The van der Waals surface area contributed by atoms with Crippen molar-refractivity contribution in [2.75, 3.05) is 19.4 Å². The molecule has 0 unspecified atom stereocenters. The summed E-state index contributed by atoms with van der Waals surface area (Å²) < 4.78 is 5.07. The molecule has 19 heavy (non-hydrogen) atoms. The van der Waals surface area contributed by atoms with Crippen molar-refractivity contribution in [2.24, 2.45) is 0 Å². The monoisotopic (exact) mass is 298 g/mol. The van der Waals surface area contributed by atoms with Gasteiger partial charge in [0.25, 0.3) is 0 Å². The van der Waals surface area contributed by atoms with E-state index in [1.807, 2.05) is 12.1 Å². The number of nitro groups is 1. The summed E-state index contributed by atoms with van der Waals surface area (Å²) in [5.74, 6) is 1.66. The van der Waals surface area contributed by atoms with Crippen LogP contribution in [0.1, 0.15) is 6.42 Å². The van der Waals surface area contributed by atoms with Gasteiger partial charge in [-0.3, -0.25) is 10.1 Å². The van der Waals surface area contributed by atoms with Crippen LogP contribution < -0.4 is 10.1 Å². The summed E-state index contributed by atoms with van der Waals surface area (Å²) in [4.78, 5) is 11.7. The molecule has 1 saturated heterocycles. The van der Waals surface area contributed by atoms with E-state index in [2.05, 4.69) is 5.32 Å². The van der Waals surface area contributed by atoms with Crippen molar-refractivity contribution in [3.8, 4) is 5.75 Å². The Morgan fingerprint density at radius 2 is 2.21 bits per heavy atom. The highest BCUT2D eigenvalue weighted by molar-refractivity contribution is 8.06. The minimum absolute atomic E-state index is 0.162. The van der Waals surface area contributed by atoms with Crippen molar-refractivity contribution in [1.82, 2.24) is 5.32 Å². The van der Waals surface area contributed by atoms with Gasteiger partial charge in [-0.25, -0.2) is 0 Å². The fraction of sp³-hybridized carbons (Fsp3) is 0.333. The van der Waals surface area contributed by atoms with Gasteiger partial charge in [0.05, 0.1) is 12.0 Å². The third-order valence-corrected chi connectivity index (χ3v) is 4.79. The topological polar surface area (TPSA) is 64.4 Å². The molecule has 1 aliphatic rings. The number of rotatable bonds is 4. The molecule has 7 heteroatoms. The minimum atomic E-state index is -0.324. The maximum absolute atomic E-state index is 11.2. The van der Waals surface area contributed by atoms with E-state index in [0.717, 1.165) is 41.1 Å². The molecule has 2 rings (SSSR count). The molecular formula is C12H14N2O3S2. The lowest BCUT2D eigenvalue weighted by Crippen LogP contribution is -2.21. The Kier molecular flexibility index (Phi) is 4.98. The highest BCUT2D eigenvalue weighted by Crippen LogP contribution is 2.34. The fourth-order valence-corrected chi connectivity index (χ4v) is 3.49. The molecule has 0 aromatic heterocycles. The molecule has 0 spiro atoms. The molecule has 102 valence electrons. The highest BCUT2D eigenvalue weighted by Gasteiger charge is 2.22. The van der Waals surface area contributed by atoms with Gasteiger partial charge in [-0.1, -0.05) is 0 Å². The first kappa shape index (κ1) is 14.1. The Bertz CT molecular complexity index is 480. The molecule has 0 amide bonds. The zero-order chi connectivity index (χ0) is 13.7. The van der Waals surface area contributed by atoms with Crippen LogP contribution in [-0.4, -0.2) is 24.3 Å². The zero-order valence-corrected chi connectivity index (χ0v) is 12.1. The smallest absolute Gasteiger partial charge is 0.337 e. The lowest BCUT2D eigenvalue weighted by atomic mass is 10.3. The summed E-state index contributed by atoms with van der Waals surface area (Å²) in [5, 5.41) is 15.1. The van der Waals surface area contributed by atoms with Gasteiger partial charge in [-0.15, -0.1) is 11.8 Å². The molecule has 1 aromatic carbocycles. The van der Waals surface area contributed by atoms with Crippen LogP contribution in [0.2, 0.25) is 0 Å². The van der Waals surface area contributed by atoms with Crippen LogP contribution in [-0.2, 0) is 0 Å². The molecular weight excluding hydrogens is 284 g/mol. The number of benzene rings is 1. The number of thioether (sulfide) groups is 2. The number of nitrogens with one attached hydrogen (secondary N) is 1. The second kappa shape index (κ2) is 6.72. The Hall–Kier alpha value is -1.34. The first-order valence-corrected chi connectivity index (χ1v) is 7.58. The van der Waals surface area contributed by atoms with Gasteiger partial charge in [-0.2, -0.15) is 0 Å². The number of hydrogen-bond acceptors (Lipinski definition) is 6. The van der Waals surface area contributed by atoms with Crippen LogP contribution in [0.3, 0.4) is 0 Å². The summed E-state index contributed by atoms with van der Waals surface area (Å²) in [5.41, 5.74) is 0. The number of ether oxygens (including phenoxy) is 1. The lowest BCUT2D eigenvalue weighted by Gasteiger charge is -2.15. The molecule has 1 heterocycles. The Labute approximate surface area is 119 Å². The Balaban J connectivity index is 2.18. The predicted molar refractivity (Wildman–Crippen MR) is 77.9 cm³/mol. The molecule has 1 fully saturated rings. The van der Waals surface area contributed by atoms with Crippen LogP contribution in [0.15, 0.2) is 39.2 Å². The van der Waals surface area contributed by atoms with Crippen LogP contribution in [0.5, 0.6) is 5.75 Å². The van der Waals surface area contributed by atoms with Gasteiger partial charge in [0.15, 0.2) is 5.03 Å². The van der Waals surface area contributed by atoms with E-state index >= 15 is 0 Å². The summed E-state index contributed by atoms with van der Waals surface area (Å²) >= 11 is 2.67. The van der Waals surface area contributed by atoms with Gasteiger partial charge in [-0.05, 0) is 42.4 Å². The molecule has 0 saturated carbocycles. The number of nitrogens with zero attached hydrogens (tertiary/aromatic N) is 1. The molecule has 0 radical (unpaired) electrons. The molecule has 1 N–H and O–H groups in total. The Morgan fingerprint density at radius 1 is 1.47 bits per heavy atom. The number of methoxy groups -OCH3 is 1. The first-order valence-electron chi connectivity index (χ1n) is 5.78. The Morgan fingerprint density at radius 3 is 2.74 bits per heavy atom. The summed E-state index contributed by atoms with van der Waals surface area (Å²) in [6.45, 7) is 0.794. The van der Waals surface area contributed by atoms with Crippen molar-refractivity contribution < 1.29 is 9.66 Å². The molecule has 1 aliphatic heterocycles. The average molecular weight is 298 g/mol. The number of hydrogen-bond donors (Lipinski definition) is 1. The predicted octanol–water partition coefficient (Wildman–Crippen LogP) is 2.92. The van der Waals surface area contributed by atoms with Gasteiger partial charge >= 0.3 is 5.03 Å².